The lowest BCUT2D eigenvalue weighted by molar-refractivity contribution is -0.111. The van der Waals surface area contributed by atoms with Crippen LogP contribution in [-0.2, 0) is 11.8 Å². The van der Waals surface area contributed by atoms with Crippen molar-refractivity contribution >= 4 is 17.7 Å². The van der Waals surface area contributed by atoms with E-state index in [1.54, 1.807) is 44.0 Å². The number of carbonyl (C=O) groups excluding carboxylic acids is 1. The van der Waals surface area contributed by atoms with Crippen LogP contribution in [0.2, 0.25) is 0 Å². The van der Waals surface area contributed by atoms with E-state index in [-0.39, 0.29) is 11.2 Å². The molecule has 4 rings (SSSR count). The summed E-state index contributed by atoms with van der Waals surface area (Å²) in [5.74, 6) is 1.23. The summed E-state index contributed by atoms with van der Waals surface area (Å²) in [5, 5.41) is 2.70. The Morgan fingerprint density at radius 1 is 1.16 bits per heavy atom. The van der Waals surface area contributed by atoms with E-state index < -0.39 is 5.91 Å². The van der Waals surface area contributed by atoms with Crippen molar-refractivity contribution < 1.29 is 19.0 Å². The summed E-state index contributed by atoms with van der Waals surface area (Å²) in [6.45, 7) is 2.69. The molecule has 8 heteroatoms. The molecular weight excluding hydrogens is 398 g/mol. The van der Waals surface area contributed by atoms with E-state index in [2.05, 4.69) is 5.32 Å². The van der Waals surface area contributed by atoms with Gasteiger partial charge in [0.1, 0.15) is 18.9 Å². The van der Waals surface area contributed by atoms with Crippen LogP contribution in [0, 0.1) is 6.92 Å². The molecule has 0 spiro atoms. The van der Waals surface area contributed by atoms with Crippen LogP contribution in [-0.4, -0.2) is 35.6 Å². The maximum Gasteiger partial charge on any atom is 0.295 e. The Balaban J connectivity index is 1.58. The number of fused-ring (bicyclic) bond motifs is 1. The number of hydrogen-bond acceptors (Lipinski definition) is 5. The molecule has 1 aliphatic rings. The fourth-order valence-corrected chi connectivity index (χ4v) is 3.44. The van der Waals surface area contributed by atoms with Gasteiger partial charge in [0.2, 0.25) is 11.7 Å². The van der Waals surface area contributed by atoms with Gasteiger partial charge in [0, 0.05) is 13.1 Å². The van der Waals surface area contributed by atoms with Gasteiger partial charge in [-0.25, -0.2) is 4.68 Å². The van der Waals surface area contributed by atoms with Gasteiger partial charge in [0.15, 0.2) is 11.5 Å². The summed E-state index contributed by atoms with van der Waals surface area (Å²) in [7, 11) is 3.32. The van der Waals surface area contributed by atoms with Crippen molar-refractivity contribution in [2.24, 2.45) is 7.05 Å². The number of ether oxygens (including phenoxy) is 3. The first-order valence-corrected chi connectivity index (χ1v) is 9.80. The van der Waals surface area contributed by atoms with Gasteiger partial charge >= 0.3 is 0 Å². The molecule has 0 unspecified atom stereocenters. The Morgan fingerprint density at radius 3 is 2.65 bits per heavy atom. The van der Waals surface area contributed by atoms with E-state index in [0.717, 1.165) is 5.69 Å². The summed E-state index contributed by atoms with van der Waals surface area (Å²) < 4.78 is 19.8. The number of hydrogen-bond donors (Lipinski definition) is 1. The van der Waals surface area contributed by atoms with E-state index >= 15 is 0 Å². The molecule has 0 bridgehead atoms. The number of methoxy groups -OCH3 is 1. The number of para-hydroxylation sites is 1. The lowest BCUT2D eigenvalue weighted by Gasteiger charge is -2.20. The van der Waals surface area contributed by atoms with Crippen LogP contribution in [0.5, 0.6) is 17.2 Å². The van der Waals surface area contributed by atoms with Gasteiger partial charge < -0.3 is 19.5 Å². The molecule has 0 aliphatic carbocycles. The molecule has 1 amide bonds. The molecule has 2 aromatic carbocycles. The maximum atomic E-state index is 12.9. The summed E-state index contributed by atoms with van der Waals surface area (Å²) in [5.41, 5.74) is 2.02. The molecular formula is C23H23N3O5. The Bertz CT molecular complexity index is 1190. The maximum absolute atomic E-state index is 12.9. The number of carbonyl (C=O) groups is 1. The molecule has 2 heterocycles. The fraction of sp³-hybridized carbons (Fsp3) is 0.217. The topological polar surface area (TPSA) is 83.7 Å². The third kappa shape index (κ3) is 3.92. The molecule has 0 radical (unpaired) electrons. The van der Waals surface area contributed by atoms with Gasteiger partial charge in [-0.1, -0.05) is 18.2 Å². The van der Waals surface area contributed by atoms with Gasteiger partial charge in [0.05, 0.1) is 18.5 Å². The SMILES string of the molecule is COc1cc(/C=C/C(=O)Nc2c(C)n(C)n(-c3ccccc3)c2=O)cc2c1OCCO2. The van der Waals surface area contributed by atoms with Crippen LogP contribution in [0.3, 0.4) is 0 Å². The zero-order chi connectivity index (χ0) is 22.0. The van der Waals surface area contributed by atoms with E-state index in [1.807, 2.05) is 30.3 Å². The second-order valence-corrected chi connectivity index (χ2v) is 7.01. The molecule has 160 valence electrons. The molecule has 0 saturated carbocycles. The zero-order valence-electron chi connectivity index (χ0n) is 17.5. The third-order valence-electron chi connectivity index (χ3n) is 5.08. The van der Waals surface area contributed by atoms with Crippen molar-refractivity contribution in [3.8, 4) is 22.9 Å². The Morgan fingerprint density at radius 2 is 1.90 bits per heavy atom. The second-order valence-electron chi connectivity index (χ2n) is 7.01. The van der Waals surface area contributed by atoms with Crippen LogP contribution < -0.4 is 25.1 Å². The number of nitrogens with one attached hydrogen (secondary N) is 1. The lowest BCUT2D eigenvalue weighted by atomic mass is 10.1. The van der Waals surface area contributed by atoms with Crippen LogP contribution in [0.25, 0.3) is 11.8 Å². The molecule has 8 nitrogen and oxygen atoms in total. The Kier molecular flexibility index (Phi) is 5.53. The number of anilines is 1. The minimum Gasteiger partial charge on any atom is -0.493 e. The van der Waals surface area contributed by atoms with Gasteiger partial charge in [0.25, 0.3) is 5.56 Å². The average Bonchev–Trinajstić information content (AvgIpc) is 3.00. The molecule has 1 aliphatic heterocycles. The first kappa shape index (κ1) is 20.3. The molecule has 31 heavy (non-hydrogen) atoms. The van der Waals surface area contributed by atoms with Crippen molar-refractivity contribution in [3.05, 3.63) is 70.2 Å². The Hall–Kier alpha value is -3.94. The highest BCUT2D eigenvalue weighted by Crippen LogP contribution is 2.40. The summed E-state index contributed by atoms with van der Waals surface area (Å²) in [6, 6.07) is 12.8. The number of aromatic nitrogens is 2. The molecule has 1 aromatic heterocycles. The van der Waals surface area contributed by atoms with Crippen molar-refractivity contribution in [1.82, 2.24) is 9.36 Å². The molecule has 0 atom stereocenters. The normalized spacial score (nSPS) is 12.7. The van der Waals surface area contributed by atoms with Crippen molar-refractivity contribution in [2.75, 3.05) is 25.6 Å². The van der Waals surface area contributed by atoms with Crippen LogP contribution in [0.15, 0.2) is 53.3 Å². The summed E-state index contributed by atoms with van der Waals surface area (Å²) in [6.07, 6.45) is 2.99. The first-order valence-electron chi connectivity index (χ1n) is 9.80. The highest BCUT2D eigenvalue weighted by atomic mass is 16.6. The monoisotopic (exact) mass is 421 g/mol. The number of rotatable bonds is 5. The van der Waals surface area contributed by atoms with Gasteiger partial charge in [-0.3, -0.25) is 14.3 Å². The van der Waals surface area contributed by atoms with Gasteiger partial charge in [-0.05, 0) is 42.8 Å². The minimum atomic E-state index is -0.417. The third-order valence-corrected chi connectivity index (χ3v) is 5.08. The highest BCUT2D eigenvalue weighted by molar-refractivity contribution is 6.02. The van der Waals surface area contributed by atoms with Crippen molar-refractivity contribution in [2.45, 2.75) is 6.92 Å². The first-order chi connectivity index (χ1) is 15.0. The van der Waals surface area contributed by atoms with Gasteiger partial charge in [-0.15, -0.1) is 0 Å². The predicted octanol–water partition coefficient (Wildman–Crippen LogP) is 2.92. The average molecular weight is 421 g/mol. The molecule has 1 N–H and O–H groups in total. The Labute approximate surface area is 179 Å². The summed E-state index contributed by atoms with van der Waals surface area (Å²) >= 11 is 0. The lowest BCUT2D eigenvalue weighted by Crippen LogP contribution is -2.22. The number of benzene rings is 2. The largest absolute Gasteiger partial charge is 0.493 e. The zero-order valence-corrected chi connectivity index (χ0v) is 17.5. The molecule has 0 saturated heterocycles. The minimum absolute atomic E-state index is 0.237. The highest BCUT2D eigenvalue weighted by Gasteiger charge is 2.19. The molecule has 3 aromatic rings. The van der Waals surface area contributed by atoms with Crippen molar-refractivity contribution in [1.29, 1.82) is 0 Å². The van der Waals surface area contributed by atoms with Crippen molar-refractivity contribution in [3.63, 3.8) is 0 Å². The van der Waals surface area contributed by atoms with Crippen LogP contribution >= 0.6 is 0 Å². The predicted molar refractivity (Wildman–Crippen MR) is 117 cm³/mol. The smallest absolute Gasteiger partial charge is 0.295 e. The quantitative estimate of drug-likeness (QED) is 0.641. The van der Waals surface area contributed by atoms with E-state index in [9.17, 15) is 9.59 Å². The van der Waals surface area contributed by atoms with Crippen LogP contribution in [0.1, 0.15) is 11.3 Å². The van der Waals surface area contributed by atoms with E-state index in [0.29, 0.717) is 41.7 Å². The summed E-state index contributed by atoms with van der Waals surface area (Å²) in [4.78, 5) is 25.5. The van der Waals surface area contributed by atoms with E-state index in [4.69, 9.17) is 14.2 Å². The number of amides is 1. The van der Waals surface area contributed by atoms with Crippen LogP contribution in [0.4, 0.5) is 5.69 Å². The fourth-order valence-electron chi connectivity index (χ4n) is 3.44. The second kappa shape index (κ2) is 8.43. The molecule has 0 fully saturated rings. The van der Waals surface area contributed by atoms with Gasteiger partial charge in [-0.2, -0.15) is 0 Å². The standard InChI is InChI=1S/C23H23N3O5/c1-15-21(23(28)26(25(15)2)17-7-5-4-6-8-17)24-20(27)10-9-16-13-18(29-3)22-19(14-16)30-11-12-31-22/h4-10,13-14H,11-12H2,1-3H3,(H,24,27)/b10-9+. The van der Waals surface area contributed by atoms with E-state index in [1.165, 1.54) is 10.8 Å². The number of nitrogens with zero attached hydrogens (tertiary/aromatic N) is 2.